The van der Waals surface area contributed by atoms with Crippen LogP contribution in [0.2, 0.25) is 5.02 Å². The van der Waals surface area contributed by atoms with Gasteiger partial charge in [-0.1, -0.05) is 74.0 Å². The van der Waals surface area contributed by atoms with Gasteiger partial charge in [0.05, 0.1) is 10.6 Å². The molecule has 3 aromatic rings. The van der Waals surface area contributed by atoms with Gasteiger partial charge in [0.1, 0.15) is 12.6 Å². The molecule has 0 aliphatic heterocycles. The van der Waals surface area contributed by atoms with E-state index >= 15 is 0 Å². The first-order chi connectivity index (χ1) is 18.9. The largest absolute Gasteiger partial charge is 0.350 e. The average molecular weight is 584 g/mol. The predicted octanol–water partition coefficient (Wildman–Crippen LogP) is 5.82. The van der Waals surface area contributed by atoms with Crippen LogP contribution in [-0.2, 0) is 32.6 Å². The Morgan fingerprint density at radius 1 is 0.900 bits per heavy atom. The van der Waals surface area contributed by atoms with E-state index in [0.717, 1.165) is 16.3 Å². The minimum absolute atomic E-state index is 0.0442. The van der Waals surface area contributed by atoms with Crippen LogP contribution >= 0.6 is 11.6 Å². The van der Waals surface area contributed by atoms with E-state index in [9.17, 15) is 18.0 Å². The molecule has 1 N–H and O–H groups in total. The van der Waals surface area contributed by atoms with Gasteiger partial charge in [0.15, 0.2) is 0 Å². The van der Waals surface area contributed by atoms with Gasteiger partial charge in [-0.3, -0.25) is 13.9 Å². The number of sulfonamides is 1. The summed E-state index contributed by atoms with van der Waals surface area (Å²) < 4.78 is 28.9. The van der Waals surface area contributed by atoms with Crippen molar-refractivity contribution in [1.82, 2.24) is 10.2 Å². The zero-order valence-corrected chi connectivity index (χ0v) is 25.3. The van der Waals surface area contributed by atoms with Crippen LogP contribution in [0.5, 0.6) is 0 Å². The Bertz CT molecular complexity index is 1400. The summed E-state index contributed by atoms with van der Waals surface area (Å²) in [7, 11) is -4.11. The number of nitrogens with one attached hydrogen (secondary N) is 1. The van der Waals surface area contributed by atoms with Crippen LogP contribution in [0, 0.1) is 0 Å². The van der Waals surface area contributed by atoms with Gasteiger partial charge < -0.3 is 10.2 Å². The summed E-state index contributed by atoms with van der Waals surface area (Å²) in [6.07, 6.45) is 1.12. The minimum Gasteiger partial charge on any atom is -0.350 e. The topological polar surface area (TPSA) is 86.8 Å². The molecule has 0 radical (unpaired) electrons. The van der Waals surface area contributed by atoms with Crippen molar-refractivity contribution in [1.29, 1.82) is 0 Å². The van der Waals surface area contributed by atoms with Gasteiger partial charge >= 0.3 is 0 Å². The first-order valence-electron chi connectivity index (χ1n) is 13.4. The van der Waals surface area contributed by atoms with Crippen molar-refractivity contribution in [2.75, 3.05) is 10.8 Å². The lowest BCUT2D eigenvalue weighted by molar-refractivity contribution is -0.141. The van der Waals surface area contributed by atoms with Gasteiger partial charge in [-0.15, -0.1) is 0 Å². The summed E-state index contributed by atoms with van der Waals surface area (Å²) in [4.78, 5) is 29.0. The minimum atomic E-state index is -4.11. The van der Waals surface area contributed by atoms with Gasteiger partial charge in [0.25, 0.3) is 10.0 Å². The molecule has 0 fully saturated rings. The number of hydrogen-bond acceptors (Lipinski definition) is 4. The van der Waals surface area contributed by atoms with E-state index in [1.54, 1.807) is 48.5 Å². The number of rotatable bonds is 11. The molecule has 2 amide bonds. The third-order valence-corrected chi connectivity index (χ3v) is 8.58. The molecule has 1 atom stereocenters. The first kappa shape index (κ1) is 31.2. The SMILES string of the molecule is CCc1ccc(N(CC(=O)N(Cc2ccccc2Cl)C(CC)C(=O)NC(C)(C)C)S(=O)(=O)c2ccccc2)cc1. The highest BCUT2D eigenvalue weighted by Crippen LogP contribution is 2.26. The summed E-state index contributed by atoms with van der Waals surface area (Å²) in [6.45, 7) is 8.98. The third-order valence-electron chi connectivity index (χ3n) is 6.43. The van der Waals surface area contributed by atoms with Crippen molar-refractivity contribution in [2.45, 2.75) is 70.5 Å². The molecule has 1 unspecified atom stereocenters. The van der Waals surface area contributed by atoms with E-state index in [2.05, 4.69) is 5.32 Å². The quantitative estimate of drug-likeness (QED) is 0.308. The number of amides is 2. The monoisotopic (exact) mass is 583 g/mol. The van der Waals surface area contributed by atoms with Crippen molar-refractivity contribution >= 4 is 39.1 Å². The van der Waals surface area contributed by atoms with Gasteiger partial charge in [-0.25, -0.2) is 8.42 Å². The zero-order valence-electron chi connectivity index (χ0n) is 23.7. The van der Waals surface area contributed by atoms with Crippen molar-refractivity contribution in [3.05, 3.63) is 95.0 Å². The average Bonchev–Trinajstić information content (AvgIpc) is 2.92. The molecule has 0 saturated heterocycles. The van der Waals surface area contributed by atoms with Crippen LogP contribution in [0.1, 0.15) is 52.2 Å². The summed E-state index contributed by atoms with van der Waals surface area (Å²) in [6, 6.07) is 21.4. The molecular formula is C31H38ClN3O4S. The Labute approximate surface area is 243 Å². The van der Waals surface area contributed by atoms with Crippen molar-refractivity contribution in [3.63, 3.8) is 0 Å². The number of carbonyl (C=O) groups is 2. The molecule has 0 aromatic heterocycles. The molecule has 3 aromatic carbocycles. The Morgan fingerprint density at radius 2 is 1.50 bits per heavy atom. The standard InChI is InChI=1S/C31H38ClN3O4S/c1-6-23-17-19-25(20-18-23)35(40(38,39)26-14-9-8-10-15-26)22-29(36)34(21-24-13-11-12-16-27(24)32)28(7-2)30(37)33-31(3,4)5/h8-20,28H,6-7,21-22H2,1-5H3,(H,33,37). The van der Waals surface area contributed by atoms with Crippen molar-refractivity contribution < 1.29 is 18.0 Å². The van der Waals surface area contributed by atoms with Crippen molar-refractivity contribution in [3.8, 4) is 0 Å². The third kappa shape index (κ3) is 7.86. The van der Waals surface area contributed by atoms with E-state index in [0.29, 0.717) is 22.7 Å². The lowest BCUT2D eigenvalue weighted by Gasteiger charge is -2.35. The molecule has 214 valence electrons. The van der Waals surface area contributed by atoms with Crippen LogP contribution in [0.15, 0.2) is 83.8 Å². The maximum Gasteiger partial charge on any atom is 0.264 e. The maximum atomic E-state index is 14.1. The summed E-state index contributed by atoms with van der Waals surface area (Å²) in [5.41, 5.74) is 1.54. The second kappa shape index (κ2) is 13.3. The van der Waals surface area contributed by atoms with Gasteiger partial charge in [-0.2, -0.15) is 0 Å². The highest BCUT2D eigenvalue weighted by Gasteiger charge is 2.34. The highest BCUT2D eigenvalue weighted by molar-refractivity contribution is 7.92. The fraction of sp³-hybridized carbons (Fsp3) is 0.355. The van der Waals surface area contributed by atoms with E-state index in [1.807, 2.05) is 52.8 Å². The summed E-state index contributed by atoms with van der Waals surface area (Å²) in [5, 5.41) is 3.42. The molecule has 0 aliphatic rings. The molecule has 9 heteroatoms. The molecular weight excluding hydrogens is 546 g/mol. The molecule has 0 spiro atoms. The normalized spacial score (nSPS) is 12.4. The Kier molecular flexibility index (Phi) is 10.4. The highest BCUT2D eigenvalue weighted by atomic mass is 35.5. The van der Waals surface area contributed by atoms with E-state index in [-0.39, 0.29) is 17.3 Å². The second-order valence-corrected chi connectivity index (χ2v) is 12.9. The van der Waals surface area contributed by atoms with Crippen LogP contribution in [-0.4, -0.2) is 43.3 Å². The number of nitrogens with zero attached hydrogens (tertiary/aromatic N) is 2. The van der Waals surface area contributed by atoms with Crippen molar-refractivity contribution in [2.24, 2.45) is 0 Å². The molecule has 0 saturated carbocycles. The molecule has 0 heterocycles. The molecule has 0 aliphatic carbocycles. The van der Waals surface area contributed by atoms with Crippen LogP contribution < -0.4 is 9.62 Å². The lowest BCUT2D eigenvalue weighted by Crippen LogP contribution is -2.55. The van der Waals surface area contributed by atoms with E-state index < -0.39 is 34.1 Å². The maximum absolute atomic E-state index is 14.1. The van der Waals surface area contributed by atoms with Crippen LogP contribution in [0.25, 0.3) is 0 Å². The number of anilines is 1. The fourth-order valence-corrected chi connectivity index (χ4v) is 5.96. The Morgan fingerprint density at radius 3 is 2.05 bits per heavy atom. The first-order valence-corrected chi connectivity index (χ1v) is 15.2. The smallest absolute Gasteiger partial charge is 0.264 e. The second-order valence-electron chi connectivity index (χ2n) is 10.6. The molecule has 7 nitrogen and oxygen atoms in total. The molecule has 0 bridgehead atoms. The molecule has 3 rings (SSSR count). The number of aryl methyl sites for hydroxylation is 1. The van der Waals surface area contributed by atoms with E-state index in [1.165, 1.54) is 17.0 Å². The lowest BCUT2D eigenvalue weighted by atomic mass is 10.1. The van der Waals surface area contributed by atoms with Gasteiger partial charge in [0.2, 0.25) is 11.8 Å². The fourth-order valence-electron chi connectivity index (χ4n) is 4.33. The number of benzene rings is 3. The van der Waals surface area contributed by atoms with Gasteiger partial charge in [0, 0.05) is 17.1 Å². The Balaban J connectivity index is 2.07. The Hall–Kier alpha value is -3.36. The van der Waals surface area contributed by atoms with E-state index in [4.69, 9.17) is 11.6 Å². The van der Waals surface area contributed by atoms with Crippen LogP contribution in [0.3, 0.4) is 0 Å². The zero-order chi connectivity index (χ0) is 29.5. The number of hydrogen-bond donors (Lipinski definition) is 1. The summed E-state index contributed by atoms with van der Waals surface area (Å²) >= 11 is 6.44. The molecule has 40 heavy (non-hydrogen) atoms. The van der Waals surface area contributed by atoms with Gasteiger partial charge in [-0.05, 0) is 75.1 Å². The summed E-state index contributed by atoms with van der Waals surface area (Å²) in [5.74, 6) is -0.838. The van der Waals surface area contributed by atoms with Crippen LogP contribution in [0.4, 0.5) is 5.69 Å². The predicted molar refractivity (Wildman–Crippen MR) is 161 cm³/mol. The number of halogens is 1. The number of carbonyl (C=O) groups excluding carboxylic acids is 2.